The zero-order chi connectivity index (χ0) is 23.4. The van der Waals surface area contributed by atoms with Gasteiger partial charge < -0.3 is 14.8 Å². The number of hydrogen-bond donors (Lipinski definition) is 2. The maximum Gasteiger partial charge on any atom is 0.304 e. The smallest absolute Gasteiger partial charge is 0.304 e. The first-order valence-electron chi connectivity index (χ1n) is 10.6. The molecule has 1 heterocycles. The highest BCUT2D eigenvalue weighted by molar-refractivity contribution is 5.98. The van der Waals surface area contributed by atoms with E-state index in [1.807, 2.05) is 73.8 Å². The van der Waals surface area contributed by atoms with Gasteiger partial charge in [0, 0.05) is 16.7 Å². The summed E-state index contributed by atoms with van der Waals surface area (Å²) in [6.07, 6.45) is 1.84. The molecule has 0 aliphatic carbocycles. The first kappa shape index (κ1) is 22.1. The fourth-order valence-electron chi connectivity index (χ4n) is 3.84. The van der Waals surface area contributed by atoms with Gasteiger partial charge in [-0.25, -0.2) is 0 Å². The second kappa shape index (κ2) is 9.56. The number of benzene rings is 3. The molecule has 3 aromatic carbocycles. The van der Waals surface area contributed by atoms with Gasteiger partial charge in [0.25, 0.3) is 5.91 Å². The molecular weight excluding hydrogens is 418 g/mol. The quantitative estimate of drug-likeness (QED) is 0.573. The molecule has 0 radical (unpaired) electrons. The van der Waals surface area contributed by atoms with Crippen LogP contribution < -0.4 is 20.2 Å². The van der Waals surface area contributed by atoms with E-state index in [4.69, 9.17) is 9.47 Å². The van der Waals surface area contributed by atoms with Crippen molar-refractivity contribution in [1.82, 2.24) is 10.7 Å². The molecule has 0 aromatic heterocycles. The van der Waals surface area contributed by atoms with Crippen molar-refractivity contribution < 1.29 is 23.7 Å². The Morgan fingerprint density at radius 2 is 1.61 bits per heavy atom. The summed E-state index contributed by atoms with van der Waals surface area (Å²) in [4.78, 5) is 25.9. The fraction of sp³-hybridized carbons (Fsp3) is 0.192. The maximum absolute atomic E-state index is 13.0. The lowest BCUT2D eigenvalue weighted by Gasteiger charge is -2.15. The Hall–Kier alpha value is -4.13. The average molecular weight is 445 g/mol. The van der Waals surface area contributed by atoms with Crippen LogP contribution in [0, 0.1) is 6.92 Å². The Bertz CT molecular complexity index is 1190. The minimum absolute atomic E-state index is 0.290. The van der Waals surface area contributed by atoms with E-state index in [1.165, 1.54) is 0 Å². The van der Waals surface area contributed by atoms with Crippen LogP contribution in [0.3, 0.4) is 0 Å². The van der Waals surface area contributed by atoms with Crippen molar-refractivity contribution in [3.63, 3.8) is 0 Å². The number of aryl methyl sites for hydroxylation is 1. The number of hydrogen-bond acceptors (Lipinski definition) is 4. The summed E-state index contributed by atoms with van der Waals surface area (Å²) in [6, 6.07) is 21.0. The summed E-state index contributed by atoms with van der Waals surface area (Å²) in [6.45, 7) is 1.92. The third-order valence-electron chi connectivity index (χ3n) is 5.57. The summed E-state index contributed by atoms with van der Waals surface area (Å²) in [5.41, 5.74) is 6.10. The summed E-state index contributed by atoms with van der Waals surface area (Å²) < 4.78 is 12.2. The summed E-state index contributed by atoms with van der Waals surface area (Å²) >= 11 is 0. The van der Waals surface area contributed by atoms with Crippen LogP contribution in [0.5, 0.6) is 11.5 Å². The molecule has 3 aromatic rings. The van der Waals surface area contributed by atoms with Gasteiger partial charge in [-0.3, -0.25) is 9.59 Å². The molecule has 1 aliphatic rings. The number of nitrogens with zero attached hydrogens (tertiary/aromatic N) is 1. The van der Waals surface area contributed by atoms with Gasteiger partial charge in [-0.05, 0) is 67.6 Å². The normalized spacial score (nSPS) is 18.6. The molecule has 2 atom stereocenters. The zero-order valence-electron chi connectivity index (χ0n) is 18.7. The third kappa shape index (κ3) is 4.87. The highest BCUT2D eigenvalue weighted by atomic mass is 16.5. The Labute approximate surface area is 192 Å². The first-order valence-corrected chi connectivity index (χ1v) is 10.6. The Morgan fingerprint density at radius 3 is 2.21 bits per heavy atom. The molecule has 0 spiro atoms. The van der Waals surface area contributed by atoms with Crippen molar-refractivity contribution >= 4 is 18.0 Å². The van der Waals surface area contributed by atoms with Crippen molar-refractivity contribution in [2.24, 2.45) is 0 Å². The van der Waals surface area contributed by atoms with E-state index >= 15 is 0 Å². The van der Waals surface area contributed by atoms with Gasteiger partial charge in [0.05, 0.1) is 14.2 Å². The molecular formula is C26H26N3O4+. The first-order chi connectivity index (χ1) is 16.0. The van der Waals surface area contributed by atoms with Crippen molar-refractivity contribution in [1.29, 1.82) is 0 Å². The molecule has 4 rings (SSSR count). The standard InChI is InChI=1S/C26H25N3O4/c1-17-5-4-6-20(15-17)25(30)27-23-24(19-9-13-22(33-3)14-10-19)29(28-26(23)31)16-18-7-11-21(32-2)12-8-18/h4-16,23-24H,1-3H3,(H-,27,28,30,31)/p+1/b29-16-/t23-,24+/m0/s1. The van der Waals surface area contributed by atoms with E-state index in [1.54, 1.807) is 31.0 Å². The van der Waals surface area contributed by atoms with Gasteiger partial charge in [-0.1, -0.05) is 17.7 Å². The zero-order valence-corrected chi connectivity index (χ0v) is 18.7. The van der Waals surface area contributed by atoms with Gasteiger partial charge in [-0.2, -0.15) is 0 Å². The third-order valence-corrected chi connectivity index (χ3v) is 5.57. The molecule has 0 unspecified atom stereocenters. The van der Waals surface area contributed by atoms with Crippen LogP contribution in [0.4, 0.5) is 0 Å². The van der Waals surface area contributed by atoms with Crippen LogP contribution in [0.15, 0.2) is 72.8 Å². The van der Waals surface area contributed by atoms with Crippen LogP contribution in [0.25, 0.3) is 0 Å². The van der Waals surface area contributed by atoms with E-state index in [0.29, 0.717) is 11.3 Å². The molecule has 1 saturated heterocycles. The molecule has 0 bridgehead atoms. The largest absolute Gasteiger partial charge is 0.497 e. The van der Waals surface area contributed by atoms with Gasteiger partial charge >= 0.3 is 5.91 Å². The van der Waals surface area contributed by atoms with E-state index in [0.717, 1.165) is 22.4 Å². The van der Waals surface area contributed by atoms with Crippen LogP contribution >= 0.6 is 0 Å². The van der Waals surface area contributed by atoms with Gasteiger partial charge in [0.15, 0.2) is 6.04 Å². The fourth-order valence-corrected chi connectivity index (χ4v) is 3.84. The Morgan fingerprint density at radius 1 is 0.970 bits per heavy atom. The number of hydrazone groups is 1. The number of nitrogens with one attached hydrogen (secondary N) is 2. The molecule has 33 heavy (non-hydrogen) atoms. The molecule has 7 nitrogen and oxygen atoms in total. The van der Waals surface area contributed by atoms with Crippen molar-refractivity contribution in [3.05, 3.63) is 95.1 Å². The lowest BCUT2D eigenvalue weighted by Crippen LogP contribution is -2.42. The number of hydrazine groups is 1. The predicted molar refractivity (Wildman–Crippen MR) is 125 cm³/mol. The van der Waals surface area contributed by atoms with Gasteiger partial charge in [0.2, 0.25) is 12.3 Å². The van der Waals surface area contributed by atoms with E-state index in [2.05, 4.69) is 10.7 Å². The number of rotatable bonds is 6. The maximum atomic E-state index is 13.0. The number of carbonyl (C=O) groups is 2. The predicted octanol–water partition coefficient (Wildman–Crippen LogP) is 3.03. The molecule has 0 saturated carbocycles. The molecule has 2 N–H and O–H groups in total. The minimum Gasteiger partial charge on any atom is -0.497 e. The molecule has 1 fully saturated rings. The number of ether oxygens (including phenoxy) is 2. The van der Waals surface area contributed by atoms with Crippen molar-refractivity contribution in [3.8, 4) is 11.5 Å². The van der Waals surface area contributed by atoms with Crippen LogP contribution in [0.2, 0.25) is 0 Å². The van der Waals surface area contributed by atoms with Gasteiger partial charge in [0.1, 0.15) is 11.5 Å². The van der Waals surface area contributed by atoms with E-state index in [-0.39, 0.29) is 11.8 Å². The van der Waals surface area contributed by atoms with Gasteiger partial charge in [-0.15, -0.1) is 10.1 Å². The van der Waals surface area contributed by atoms with E-state index < -0.39 is 12.1 Å². The van der Waals surface area contributed by atoms with Crippen molar-refractivity contribution in [2.45, 2.75) is 19.0 Å². The average Bonchev–Trinajstić information content (AvgIpc) is 3.13. The molecule has 168 valence electrons. The summed E-state index contributed by atoms with van der Waals surface area (Å²) in [5.74, 6) is 0.861. The SMILES string of the molecule is COc1ccc(/C=[N+]2\NC(=O)[C@@H](NC(=O)c3cccc(C)c3)[C@H]2c2ccc(OC)cc2)cc1. The minimum atomic E-state index is -0.791. The lowest BCUT2D eigenvalue weighted by molar-refractivity contribution is -0.596. The topological polar surface area (TPSA) is 79.7 Å². The lowest BCUT2D eigenvalue weighted by atomic mass is 9.99. The number of carbonyl (C=O) groups excluding carboxylic acids is 2. The summed E-state index contributed by atoms with van der Waals surface area (Å²) in [7, 11) is 3.21. The van der Waals surface area contributed by atoms with Crippen molar-refractivity contribution in [2.75, 3.05) is 14.2 Å². The van der Waals surface area contributed by atoms with Crippen LogP contribution in [-0.2, 0) is 4.79 Å². The monoisotopic (exact) mass is 444 g/mol. The summed E-state index contributed by atoms with van der Waals surface area (Å²) in [5, 5.41) is 2.92. The Balaban J connectivity index is 1.69. The number of amides is 2. The van der Waals surface area contributed by atoms with E-state index in [9.17, 15) is 9.59 Å². The second-order valence-corrected chi connectivity index (χ2v) is 7.82. The Kier molecular flexibility index (Phi) is 6.40. The molecule has 7 heteroatoms. The molecule has 1 aliphatic heterocycles. The second-order valence-electron chi connectivity index (χ2n) is 7.82. The number of methoxy groups -OCH3 is 2. The van der Waals surface area contributed by atoms with Crippen LogP contribution in [-0.4, -0.2) is 43.0 Å². The molecule has 2 amide bonds. The highest BCUT2D eigenvalue weighted by Gasteiger charge is 2.47. The highest BCUT2D eigenvalue weighted by Crippen LogP contribution is 2.27. The van der Waals surface area contributed by atoms with Crippen LogP contribution in [0.1, 0.15) is 33.1 Å².